The van der Waals surface area contributed by atoms with Gasteiger partial charge in [0.1, 0.15) is 0 Å². The van der Waals surface area contributed by atoms with Gasteiger partial charge in [-0.05, 0) is 38.8 Å². The molecule has 110 valence electrons. The van der Waals surface area contributed by atoms with Gasteiger partial charge in [0, 0.05) is 31.4 Å². The zero-order valence-electron chi connectivity index (χ0n) is 11.9. The molecular formula is C14H22N4O2. The van der Waals surface area contributed by atoms with Crippen LogP contribution in [0.5, 0.6) is 0 Å². The van der Waals surface area contributed by atoms with E-state index in [1.165, 1.54) is 31.9 Å². The molecule has 0 saturated carbocycles. The van der Waals surface area contributed by atoms with E-state index in [2.05, 4.69) is 22.1 Å². The van der Waals surface area contributed by atoms with Crippen molar-refractivity contribution in [3.63, 3.8) is 0 Å². The van der Waals surface area contributed by atoms with Crippen LogP contribution < -0.4 is 5.32 Å². The fraction of sp³-hybridized carbons (Fsp3) is 0.643. The van der Waals surface area contributed by atoms with Crippen molar-refractivity contribution in [3.8, 4) is 0 Å². The highest BCUT2D eigenvalue weighted by Gasteiger charge is 2.17. The van der Waals surface area contributed by atoms with Crippen LogP contribution in [0.3, 0.4) is 0 Å². The highest BCUT2D eigenvalue weighted by Crippen LogP contribution is 2.20. The molecule has 1 saturated heterocycles. The zero-order valence-corrected chi connectivity index (χ0v) is 11.9. The van der Waals surface area contributed by atoms with E-state index in [0.29, 0.717) is 18.4 Å². The first-order valence-corrected chi connectivity index (χ1v) is 7.26. The molecular weight excluding hydrogens is 256 g/mol. The van der Waals surface area contributed by atoms with Crippen molar-refractivity contribution < 1.29 is 4.92 Å². The van der Waals surface area contributed by atoms with E-state index in [1.54, 1.807) is 12.3 Å². The molecule has 0 radical (unpaired) electrons. The molecule has 20 heavy (non-hydrogen) atoms. The Balaban J connectivity index is 1.77. The van der Waals surface area contributed by atoms with Crippen LogP contribution in [0.2, 0.25) is 0 Å². The second-order valence-electron chi connectivity index (χ2n) is 5.29. The largest absolute Gasteiger partial charge is 0.364 e. The number of nitrogens with zero attached hydrogens (tertiary/aromatic N) is 3. The fourth-order valence-corrected chi connectivity index (χ4v) is 2.66. The third-order valence-electron chi connectivity index (χ3n) is 3.84. The molecule has 1 atom stereocenters. The molecule has 1 aliphatic heterocycles. The molecule has 1 unspecified atom stereocenters. The summed E-state index contributed by atoms with van der Waals surface area (Å²) in [5.74, 6) is 0.365. The molecule has 1 fully saturated rings. The number of piperidine rings is 1. The summed E-state index contributed by atoms with van der Waals surface area (Å²) in [6, 6.07) is 3.72. The molecule has 0 spiro atoms. The number of anilines is 1. The molecule has 6 nitrogen and oxygen atoms in total. The fourth-order valence-electron chi connectivity index (χ4n) is 2.66. The van der Waals surface area contributed by atoms with E-state index in [0.717, 1.165) is 13.0 Å². The molecule has 6 heteroatoms. The normalized spacial score (nSPS) is 19.8. The van der Waals surface area contributed by atoms with Gasteiger partial charge < -0.3 is 10.2 Å². The maximum atomic E-state index is 10.9. The van der Waals surface area contributed by atoms with E-state index < -0.39 is 4.92 Å². The van der Waals surface area contributed by atoms with Crippen LogP contribution in [0.4, 0.5) is 11.5 Å². The number of hydrogen-bond acceptors (Lipinski definition) is 5. The molecule has 0 amide bonds. The van der Waals surface area contributed by atoms with E-state index in [4.69, 9.17) is 0 Å². The van der Waals surface area contributed by atoms with E-state index >= 15 is 0 Å². The van der Waals surface area contributed by atoms with Crippen molar-refractivity contribution >= 4 is 11.5 Å². The zero-order chi connectivity index (χ0) is 14.4. The van der Waals surface area contributed by atoms with Crippen LogP contribution in [0, 0.1) is 10.1 Å². The molecule has 2 heterocycles. The first-order chi connectivity index (χ1) is 9.68. The van der Waals surface area contributed by atoms with Crippen LogP contribution in [0.15, 0.2) is 18.3 Å². The van der Waals surface area contributed by atoms with Gasteiger partial charge in [0.25, 0.3) is 0 Å². The Bertz CT molecular complexity index is 453. The van der Waals surface area contributed by atoms with Crippen LogP contribution >= 0.6 is 0 Å². The number of pyridine rings is 1. The molecule has 1 N–H and O–H groups in total. The Hall–Kier alpha value is -1.69. The second-order valence-corrected chi connectivity index (χ2v) is 5.29. The van der Waals surface area contributed by atoms with Crippen LogP contribution in [-0.2, 0) is 0 Å². The quantitative estimate of drug-likeness (QED) is 0.492. The number of nitrogens with one attached hydrogen (secondary N) is 1. The minimum absolute atomic E-state index is 0.0406. The maximum Gasteiger partial charge on any atom is 0.311 e. The lowest BCUT2D eigenvalue weighted by Crippen LogP contribution is -2.38. The molecule has 0 bridgehead atoms. The summed E-state index contributed by atoms with van der Waals surface area (Å²) < 4.78 is 0. The van der Waals surface area contributed by atoms with Crippen molar-refractivity contribution in [2.24, 2.45) is 0 Å². The number of hydrogen-bond donors (Lipinski definition) is 1. The first-order valence-electron chi connectivity index (χ1n) is 7.26. The SMILES string of the molecule is CC1CCCCN1CCCNc1ncccc1[N+](=O)[O-]. The van der Waals surface area contributed by atoms with E-state index in [-0.39, 0.29) is 5.69 Å². The Kier molecular flexibility index (Phi) is 5.29. The summed E-state index contributed by atoms with van der Waals surface area (Å²) in [5, 5.41) is 13.9. The first kappa shape index (κ1) is 14.7. The monoisotopic (exact) mass is 278 g/mol. The molecule has 1 aromatic heterocycles. The summed E-state index contributed by atoms with van der Waals surface area (Å²) in [5.41, 5.74) is 0.0406. The van der Waals surface area contributed by atoms with Gasteiger partial charge in [-0.1, -0.05) is 6.42 Å². The van der Waals surface area contributed by atoms with Gasteiger partial charge in [0.2, 0.25) is 5.82 Å². The van der Waals surface area contributed by atoms with Gasteiger partial charge in [-0.3, -0.25) is 10.1 Å². The number of rotatable bonds is 6. The predicted octanol–water partition coefficient (Wildman–Crippen LogP) is 2.67. The molecule has 0 aromatic carbocycles. The van der Waals surface area contributed by atoms with Gasteiger partial charge in [-0.25, -0.2) is 4.98 Å². The van der Waals surface area contributed by atoms with Gasteiger partial charge >= 0.3 is 5.69 Å². The minimum atomic E-state index is -0.401. The third-order valence-corrected chi connectivity index (χ3v) is 3.84. The summed E-state index contributed by atoms with van der Waals surface area (Å²) in [4.78, 5) is 17.0. The maximum absolute atomic E-state index is 10.9. The Morgan fingerprint density at radius 3 is 3.15 bits per heavy atom. The van der Waals surface area contributed by atoms with E-state index in [9.17, 15) is 10.1 Å². The topological polar surface area (TPSA) is 71.3 Å². The Labute approximate surface area is 119 Å². The standard InChI is InChI=1S/C14H22N4O2/c1-12-6-2-3-10-17(12)11-5-9-16-14-13(18(19)20)7-4-8-15-14/h4,7-8,12H,2-3,5-6,9-11H2,1H3,(H,15,16). The Morgan fingerprint density at radius 2 is 2.40 bits per heavy atom. The van der Waals surface area contributed by atoms with Gasteiger partial charge in [-0.2, -0.15) is 0 Å². The summed E-state index contributed by atoms with van der Waals surface area (Å²) in [6.07, 6.45) is 6.43. The summed E-state index contributed by atoms with van der Waals surface area (Å²) in [6.45, 7) is 5.19. The highest BCUT2D eigenvalue weighted by molar-refractivity contribution is 5.54. The minimum Gasteiger partial charge on any atom is -0.364 e. The lowest BCUT2D eigenvalue weighted by Gasteiger charge is -2.33. The number of likely N-dealkylation sites (tertiary alicyclic amines) is 1. The average Bonchev–Trinajstić information content (AvgIpc) is 2.45. The lowest BCUT2D eigenvalue weighted by molar-refractivity contribution is -0.384. The summed E-state index contributed by atoms with van der Waals surface area (Å²) in [7, 11) is 0. The van der Waals surface area contributed by atoms with Crippen LogP contribution in [0.25, 0.3) is 0 Å². The number of nitro groups is 1. The number of aromatic nitrogens is 1. The van der Waals surface area contributed by atoms with Crippen molar-refractivity contribution in [3.05, 3.63) is 28.4 Å². The van der Waals surface area contributed by atoms with Crippen molar-refractivity contribution in [2.75, 3.05) is 25.0 Å². The van der Waals surface area contributed by atoms with Gasteiger partial charge in [-0.15, -0.1) is 0 Å². The van der Waals surface area contributed by atoms with Gasteiger partial charge in [0.05, 0.1) is 4.92 Å². The molecule has 1 aliphatic rings. The Morgan fingerprint density at radius 1 is 1.55 bits per heavy atom. The van der Waals surface area contributed by atoms with Crippen molar-refractivity contribution in [1.82, 2.24) is 9.88 Å². The third kappa shape index (κ3) is 3.90. The summed E-state index contributed by atoms with van der Waals surface area (Å²) >= 11 is 0. The van der Waals surface area contributed by atoms with Crippen LogP contribution in [0.1, 0.15) is 32.6 Å². The molecule has 0 aliphatic carbocycles. The average molecular weight is 278 g/mol. The molecule has 1 aromatic rings. The van der Waals surface area contributed by atoms with Crippen LogP contribution in [-0.4, -0.2) is 40.5 Å². The second kappa shape index (κ2) is 7.19. The van der Waals surface area contributed by atoms with Crippen molar-refractivity contribution in [2.45, 2.75) is 38.6 Å². The van der Waals surface area contributed by atoms with E-state index in [1.807, 2.05) is 0 Å². The lowest BCUT2D eigenvalue weighted by atomic mass is 10.0. The smallest absolute Gasteiger partial charge is 0.311 e. The highest BCUT2D eigenvalue weighted by atomic mass is 16.6. The van der Waals surface area contributed by atoms with Gasteiger partial charge in [0.15, 0.2) is 0 Å². The van der Waals surface area contributed by atoms with Crippen molar-refractivity contribution in [1.29, 1.82) is 0 Å². The molecule has 2 rings (SSSR count). The predicted molar refractivity (Wildman–Crippen MR) is 78.9 cm³/mol.